The van der Waals surface area contributed by atoms with Crippen LogP contribution in [0.3, 0.4) is 0 Å². The van der Waals surface area contributed by atoms with Gasteiger partial charge in [0.05, 0.1) is 4.47 Å². The van der Waals surface area contributed by atoms with Gasteiger partial charge < -0.3 is 14.2 Å². The summed E-state index contributed by atoms with van der Waals surface area (Å²) in [5.41, 5.74) is -1.21. The molecule has 23 heavy (non-hydrogen) atoms. The molecule has 1 saturated heterocycles. The average Bonchev–Trinajstić information content (AvgIpc) is 2.82. The van der Waals surface area contributed by atoms with E-state index in [-0.39, 0.29) is 17.5 Å². The number of rotatable bonds is 4. The smallest absolute Gasteiger partial charge is 0.330 e. The van der Waals surface area contributed by atoms with Crippen LogP contribution in [0.15, 0.2) is 20.3 Å². The van der Waals surface area contributed by atoms with Gasteiger partial charge in [-0.15, -0.1) is 0 Å². The molecule has 2 rings (SSSR count). The van der Waals surface area contributed by atoms with Gasteiger partial charge >= 0.3 is 17.6 Å². The first kappa shape index (κ1) is 17.4. The highest BCUT2D eigenvalue weighted by Gasteiger charge is 2.39. The third kappa shape index (κ3) is 4.29. The fourth-order valence-electron chi connectivity index (χ4n) is 2.23. The van der Waals surface area contributed by atoms with Crippen molar-refractivity contribution in [2.75, 3.05) is 6.61 Å². The normalized spacial score (nSPS) is 23.5. The van der Waals surface area contributed by atoms with Gasteiger partial charge in [0.2, 0.25) is 0 Å². The number of aromatic amines is 1. The molecule has 10 heteroatoms. The Morgan fingerprint density at radius 1 is 1.39 bits per heavy atom. The van der Waals surface area contributed by atoms with E-state index in [0.29, 0.717) is 0 Å². The molecule has 1 N–H and O–H groups in total. The molecule has 1 fully saturated rings. The van der Waals surface area contributed by atoms with Crippen molar-refractivity contribution >= 4 is 27.9 Å². The third-order valence-electron chi connectivity index (χ3n) is 3.18. The van der Waals surface area contributed by atoms with Crippen LogP contribution in [-0.4, -0.2) is 40.3 Å². The quantitative estimate of drug-likeness (QED) is 0.723. The van der Waals surface area contributed by atoms with Crippen molar-refractivity contribution in [3.05, 3.63) is 31.5 Å². The lowest BCUT2D eigenvalue weighted by atomic mass is 10.2. The number of hydrogen-bond acceptors (Lipinski definition) is 7. The zero-order valence-corrected chi connectivity index (χ0v) is 14.0. The topological polar surface area (TPSA) is 117 Å². The SMILES string of the molecule is CC(=O)OC[C@H]1O[C@@H](n2cc(Br)c(=O)[nH]c2=O)C[C@H]1OC(C)=O. The second-order valence-electron chi connectivity index (χ2n) is 4.96. The van der Waals surface area contributed by atoms with Crippen LogP contribution in [0.2, 0.25) is 0 Å². The van der Waals surface area contributed by atoms with Crippen LogP contribution in [0.5, 0.6) is 0 Å². The minimum atomic E-state index is -0.763. The van der Waals surface area contributed by atoms with Gasteiger partial charge in [0, 0.05) is 26.5 Å². The van der Waals surface area contributed by atoms with E-state index in [1.165, 1.54) is 24.6 Å². The maximum atomic E-state index is 11.9. The number of hydrogen-bond donors (Lipinski definition) is 1. The fraction of sp³-hybridized carbons (Fsp3) is 0.538. The molecule has 0 radical (unpaired) electrons. The number of carbonyl (C=O) groups excluding carboxylic acids is 2. The monoisotopic (exact) mass is 390 g/mol. The van der Waals surface area contributed by atoms with E-state index in [9.17, 15) is 19.2 Å². The number of H-pyrrole nitrogens is 1. The molecule has 0 amide bonds. The summed E-state index contributed by atoms with van der Waals surface area (Å²) in [6.07, 6.45) is -0.658. The second kappa shape index (κ2) is 7.09. The minimum Gasteiger partial charge on any atom is -0.463 e. The lowest BCUT2D eigenvalue weighted by Gasteiger charge is -2.17. The second-order valence-corrected chi connectivity index (χ2v) is 5.81. The Labute approximate surface area is 138 Å². The van der Waals surface area contributed by atoms with E-state index in [1.807, 2.05) is 0 Å². The molecule has 1 aliphatic heterocycles. The number of aromatic nitrogens is 2. The molecule has 126 valence electrons. The van der Waals surface area contributed by atoms with Crippen molar-refractivity contribution in [2.45, 2.75) is 38.7 Å². The van der Waals surface area contributed by atoms with Crippen LogP contribution in [-0.2, 0) is 23.8 Å². The number of halogens is 1. The molecule has 0 saturated carbocycles. The number of carbonyl (C=O) groups is 2. The van der Waals surface area contributed by atoms with Crippen LogP contribution in [0, 0.1) is 0 Å². The molecule has 0 aromatic carbocycles. The van der Waals surface area contributed by atoms with Gasteiger partial charge in [-0.2, -0.15) is 0 Å². The molecule has 0 bridgehead atoms. The third-order valence-corrected chi connectivity index (χ3v) is 3.75. The molecule has 0 spiro atoms. The molecule has 9 nitrogen and oxygen atoms in total. The first-order chi connectivity index (χ1) is 10.8. The number of nitrogens with zero attached hydrogens (tertiary/aromatic N) is 1. The highest BCUT2D eigenvalue weighted by atomic mass is 79.9. The van der Waals surface area contributed by atoms with E-state index in [2.05, 4.69) is 20.9 Å². The van der Waals surface area contributed by atoms with Crippen molar-refractivity contribution in [1.82, 2.24) is 9.55 Å². The van der Waals surface area contributed by atoms with Gasteiger partial charge in [0.15, 0.2) is 0 Å². The Kier molecular flexibility index (Phi) is 5.37. The number of ether oxygens (including phenoxy) is 3. The van der Waals surface area contributed by atoms with E-state index in [4.69, 9.17) is 14.2 Å². The van der Waals surface area contributed by atoms with Crippen molar-refractivity contribution < 1.29 is 23.8 Å². The standard InChI is InChI=1S/C13H15BrN2O7/c1-6(17)21-5-10-9(22-7(2)18)3-11(23-10)16-4-8(14)12(19)15-13(16)20/h4,9-11H,3,5H2,1-2H3,(H,15,19,20)/t9-,10-,11-/m1/s1. The summed E-state index contributed by atoms with van der Waals surface area (Å²) in [6, 6.07) is 0. The Balaban J connectivity index is 2.23. The molecule has 0 aliphatic carbocycles. The van der Waals surface area contributed by atoms with E-state index in [1.54, 1.807) is 0 Å². The van der Waals surface area contributed by atoms with Crippen LogP contribution >= 0.6 is 15.9 Å². The number of nitrogens with one attached hydrogen (secondary N) is 1. The zero-order chi connectivity index (χ0) is 17.1. The summed E-state index contributed by atoms with van der Waals surface area (Å²) in [6.45, 7) is 2.39. The molecule has 3 atom stereocenters. The first-order valence-corrected chi connectivity index (χ1v) is 7.54. The van der Waals surface area contributed by atoms with Gasteiger partial charge in [-0.3, -0.25) is 23.9 Å². The van der Waals surface area contributed by atoms with Gasteiger partial charge in [0.25, 0.3) is 5.56 Å². The van der Waals surface area contributed by atoms with Crippen LogP contribution in [0.4, 0.5) is 0 Å². The zero-order valence-electron chi connectivity index (χ0n) is 12.4. The summed E-state index contributed by atoms with van der Waals surface area (Å²) in [7, 11) is 0. The van der Waals surface area contributed by atoms with Crippen LogP contribution in [0.25, 0.3) is 0 Å². The molecular formula is C13H15BrN2O7. The predicted molar refractivity (Wildman–Crippen MR) is 79.7 cm³/mol. The van der Waals surface area contributed by atoms with Crippen molar-refractivity contribution in [2.24, 2.45) is 0 Å². The summed E-state index contributed by atoms with van der Waals surface area (Å²) >= 11 is 3.03. The summed E-state index contributed by atoms with van der Waals surface area (Å²) in [5, 5.41) is 0. The molecule has 1 aromatic heterocycles. The lowest BCUT2D eigenvalue weighted by molar-refractivity contribution is -0.155. The largest absolute Gasteiger partial charge is 0.463 e. The maximum Gasteiger partial charge on any atom is 0.330 e. The molecule has 2 heterocycles. The van der Waals surface area contributed by atoms with Crippen LogP contribution in [0.1, 0.15) is 26.5 Å². The summed E-state index contributed by atoms with van der Waals surface area (Å²) < 4.78 is 17.0. The molecule has 1 aromatic rings. The van der Waals surface area contributed by atoms with Gasteiger partial charge in [0.1, 0.15) is 25.0 Å². The fourth-order valence-corrected chi connectivity index (χ4v) is 2.55. The summed E-state index contributed by atoms with van der Waals surface area (Å²) in [5.74, 6) is -1.01. The molecule has 1 aliphatic rings. The summed E-state index contributed by atoms with van der Waals surface area (Å²) in [4.78, 5) is 47.5. The van der Waals surface area contributed by atoms with Crippen molar-refractivity contribution in [3.63, 3.8) is 0 Å². The van der Waals surface area contributed by atoms with Gasteiger partial charge in [-0.1, -0.05) is 0 Å². The van der Waals surface area contributed by atoms with Crippen molar-refractivity contribution in [1.29, 1.82) is 0 Å². The van der Waals surface area contributed by atoms with Crippen LogP contribution < -0.4 is 11.2 Å². The maximum absolute atomic E-state index is 11.9. The highest BCUT2D eigenvalue weighted by Crippen LogP contribution is 2.30. The van der Waals surface area contributed by atoms with Gasteiger partial charge in [-0.05, 0) is 15.9 Å². The highest BCUT2D eigenvalue weighted by molar-refractivity contribution is 9.10. The molecular weight excluding hydrogens is 376 g/mol. The Hall–Kier alpha value is -1.94. The Morgan fingerprint density at radius 3 is 2.70 bits per heavy atom. The molecule has 0 unspecified atom stereocenters. The van der Waals surface area contributed by atoms with Crippen molar-refractivity contribution in [3.8, 4) is 0 Å². The Bertz CT molecular complexity index is 726. The van der Waals surface area contributed by atoms with E-state index < -0.39 is 41.6 Å². The average molecular weight is 391 g/mol. The van der Waals surface area contributed by atoms with E-state index in [0.717, 1.165) is 0 Å². The Morgan fingerprint density at radius 2 is 2.09 bits per heavy atom. The lowest BCUT2D eigenvalue weighted by Crippen LogP contribution is -2.33. The predicted octanol–water partition coefficient (Wildman–Crippen LogP) is 0.0814. The van der Waals surface area contributed by atoms with E-state index >= 15 is 0 Å². The first-order valence-electron chi connectivity index (χ1n) is 6.75. The minimum absolute atomic E-state index is 0.108. The van der Waals surface area contributed by atoms with Gasteiger partial charge in [-0.25, -0.2) is 4.79 Å². The number of esters is 2.